The molecule has 1 spiro atoms. The molecule has 3 nitrogen and oxygen atoms in total. The van der Waals surface area contributed by atoms with Crippen LogP contribution in [0, 0.1) is 11.3 Å². The average Bonchev–Trinajstić information content (AvgIpc) is 2.48. The van der Waals surface area contributed by atoms with Crippen LogP contribution in [-0.2, 0) is 9.47 Å². The number of nitrogens with one attached hydrogen (secondary N) is 1. The van der Waals surface area contributed by atoms with Crippen LogP contribution in [0.5, 0.6) is 0 Å². The topological polar surface area (TPSA) is 30.5 Å². The fraction of sp³-hybridized carbons (Fsp3) is 1.00. The summed E-state index contributed by atoms with van der Waals surface area (Å²) in [5.41, 5.74) is 0.470. The van der Waals surface area contributed by atoms with Gasteiger partial charge in [-0.2, -0.15) is 0 Å². The molecule has 0 aromatic heterocycles. The summed E-state index contributed by atoms with van der Waals surface area (Å²) in [6.45, 7) is 2.83. The Morgan fingerprint density at radius 1 is 1.16 bits per heavy atom. The van der Waals surface area contributed by atoms with Crippen molar-refractivity contribution in [3.05, 3.63) is 0 Å². The van der Waals surface area contributed by atoms with Crippen molar-refractivity contribution in [2.75, 3.05) is 26.9 Å². The van der Waals surface area contributed by atoms with Gasteiger partial charge in [0, 0.05) is 31.3 Å². The third kappa shape index (κ3) is 2.70. The van der Waals surface area contributed by atoms with Gasteiger partial charge in [0.2, 0.25) is 0 Å². The van der Waals surface area contributed by atoms with Crippen LogP contribution in [-0.4, -0.2) is 39.0 Å². The Balaban J connectivity index is 1.52. The van der Waals surface area contributed by atoms with Gasteiger partial charge >= 0.3 is 0 Å². The van der Waals surface area contributed by atoms with Crippen LogP contribution in [0.4, 0.5) is 0 Å². The van der Waals surface area contributed by atoms with E-state index < -0.39 is 0 Å². The van der Waals surface area contributed by atoms with Crippen LogP contribution in [0.2, 0.25) is 0 Å². The summed E-state index contributed by atoms with van der Waals surface area (Å²) in [5, 5.41) is 3.53. The predicted octanol–water partition coefficient (Wildman–Crippen LogP) is 2.74. The minimum Gasteiger partial charge on any atom is -0.381 e. The molecule has 0 aromatic carbocycles. The average molecular weight is 267 g/mol. The van der Waals surface area contributed by atoms with Gasteiger partial charge in [0.1, 0.15) is 0 Å². The first-order valence-electron chi connectivity index (χ1n) is 8.22. The Morgan fingerprint density at radius 3 is 2.58 bits per heavy atom. The van der Waals surface area contributed by atoms with Crippen LogP contribution in [0.25, 0.3) is 0 Å². The predicted molar refractivity (Wildman–Crippen MR) is 76.3 cm³/mol. The second kappa shape index (κ2) is 6.11. The van der Waals surface area contributed by atoms with Gasteiger partial charge < -0.3 is 14.8 Å². The fourth-order valence-electron chi connectivity index (χ4n) is 4.43. The number of hydrogen-bond donors (Lipinski definition) is 1. The second-order valence-corrected chi connectivity index (χ2v) is 6.75. The molecule has 2 unspecified atom stereocenters. The number of ether oxygens (including phenoxy) is 2. The van der Waals surface area contributed by atoms with Gasteiger partial charge in [0.05, 0.1) is 6.10 Å². The van der Waals surface area contributed by atoms with Crippen LogP contribution in [0.15, 0.2) is 0 Å². The standard InChI is InChI=1S/C16H29NO2/c1-17-14-11-15(16(14)7-3-2-4-8-16)19-12-13-5-9-18-10-6-13/h13-15,17H,2-12H2,1H3. The normalized spacial score (nSPS) is 35.2. The molecule has 1 saturated heterocycles. The van der Waals surface area contributed by atoms with Gasteiger partial charge in [-0.15, -0.1) is 0 Å². The SMILES string of the molecule is CNC1CC(OCC2CCOCC2)C12CCCCC2. The number of hydrogen-bond acceptors (Lipinski definition) is 3. The van der Waals surface area contributed by atoms with Gasteiger partial charge in [0.25, 0.3) is 0 Å². The minimum atomic E-state index is 0.470. The smallest absolute Gasteiger partial charge is 0.0661 e. The van der Waals surface area contributed by atoms with Gasteiger partial charge in [0.15, 0.2) is 0 Å². The zero-order chi connectivity index (χ0) is 13.1. The lowest BCUT2D eigenvalue weighted by Gasteiger charge is -2.58. The largest absolute Gasteiger partial charge is 0.381 e. The number of rotatable bonds is 4. The molecule has 3 aliphatic rings. The molecule has 3 rings (SSSR count). The molecule has 2 saturated carbocycles. The summed E-state index contributed by atoms with van der Waals surface area (Å²) in [6.07, 6.45) is 11.1. The maximum atomic E-state index is 6.35. The quantitative estimate of drug-likeness (QED) is 0.849. The van der Waals surface area contributed by atoms with E-state index in [1.54, 1.807) is 0 Å². The third-order valence-corrected chi connectivity index (χ3v) is 5.79. The Bertz CT molecular complexity index is 282. The summed E-state index contributed by atoms with van der Waals surface area (Å²) in [6, 6.07) is 0.701. The highest BCUT2D eigenvalue weighted by molar-refractivity contribution is 5.08. The highest BCUT2D eigenvalue weighted by atomic mass is 16.5. The van der Waals surface area contributed by atoms with Crippen LogP contribution in [0.3, 0.4) is 0 Å². The zero-order valence-electron chi connectivity index (χ0n) is 12.3. The van der Waals surface area contributed by atoms with Gasteiger partial charge in [-0.1, -0.05) is 19.3 Å². The molecular formula is C16H29NO2. The summed E-state index contributed by atoms with van der Waals surface area (Å²) in [4.78, 5) is 0. The molecule has 1 N–H and O–H groups in total. The Hall–Kier alpha value is -0.120. The first-order chi connectivity index (χ1) is 9.35. The zero-order valence-corrected chi connectivity index (χ0v) is 12.3. The minimum absolute atomic E-state index is 0.470. The lowest BCUT2D eigenvalue weighted by Crippen LogP contribution is -2.64. The Labute approximate surface area is 117 Å². The van der Waals surface area contributed by atoms with E-state index in [9.17, 15) is 0 Å². The maximum Gasteiger partial charge on any atom is 0.0661 e. The monoisotopic (exact) mass is 267 g/mol. The Morgan fingerprint density at radius 2 is 1.89 bits per heavy atom. The van der Waals surface area contributed by atoms with Crippen molar-refractivity contribution in [3.8, 4) is 0 Å². The van der Waals surface area contributed by atoms with Crippen molar-refractivity contribution in [3.63, 3.8) is 0 Å². The molecule has 0 radical (unpaired) electrons. The van der Waals surface area contributed by atoms with E-state index in [1.807, 2.05) is 0 Å². The van der Waals surface area contributed by atoms with E-state index in [0.717, 1.165) is 25.7 Å². The Kier molecular flexibility index (Phi) is 4.45. The summed E-state index contributed by atoms with van der Waals surface area (Å²) in [5.74, 6) is 0.739. The molecule has 0 amide bonds. The van der Waals surface area contributed by atoms with Crippen LogP contribution >= 0.6 is 0 Å². The molecule has 2 atom stereocenters. The van der Waals surface area contributed by atoms with E-state index in [2.05, 4.69) is 12.4 Å². The summed E-state index contributed by atoms with van der Waals surface area (Å²) in [7, 11) is 2.12. The molecule has 0 bridgehead atoms. The first kappa shape index (κ1) is 13.8. The molecule has 2 aliphatic carbocycles. The van der Waals surface area contributed by atoms with Crippen molar-refractivity contribution >= 4 is 0 Å². The molecule has 3 fully saturated rings. The van der Waals surface area contributed by atoms with Crippen molar-refractivity contribution in [1.29, 1.82) is 0 Å². The van der Waals surface area contributed by atoms with E-state index >= 15 is 0 Å². The van der Waals surface area contributed by atoms with Gasteiger partial charge in [-0.25, -0.2) is 0 Å². The molecule has 0 aromatic rings. The van der Waals surface area contributed by atoms with Crippen LogP contribution in [0.1, 0.15) is 51.4 Å². The lowest BCUT2D eigenvalue weighted by atomic mass is 9.55. The maximum absolute atomic E-state index is 6.35. The van der Waals surface area contributed by atoms with Gasteiger partial charge in [-0.3, -0.25) is 0 Å². The molecule has 3 heteroatoms. The van der Waals surface area contributed by atoms with E-state index in [0.29, 0.717) is 17.6 Å². The van der Waals surface area contributed by atoms with Crippen molar-refractivity contribution in [2.24, 2.45) is 11.3 Å². The second-order valence-electron chi connectivity index (χ2n) is 6.75. The highest BCUT2D eigenvalue weighted by Crippen LogP contribution is 2.53. The summed E-state index contributed by atoms with van der Waals surface area (Å²) < 4.78 is 11.8. The van der Waals surface area contributed by atoms with Crippen molar-refractivity contribution in [1.82, 2.24) is 5.32 Å². The molecule has 19 heavy (non-hydrogen) atoms. The van der Waals surface area contributed by atoms with E-state index in [4.69, 9.17) is 9.47 Å². The summed E-state index contributed by atoms with van der Waals surface area (Å²) >= 11 is 0. The van der Waals surface area contributed by atoms with E-state index in [1.165, 1.54) is 51.4 Å². The first-order valence-corrected chi connectivity index (χ1v) is 8.22. The fourth-order valence-corrected chi connectivity index (χ4v) is 4.43. The van der Waals surface area contributed by atoms with Gasteiger partial charge in [-0.05, 0) is 45.1 Å². The third-order valence-electron chi connectivity index (χ3n) is 5.79. The molecular weight excluding hydrogens is 238 g/mol. The lowest BCUT2D eigenvalue weighted by molar-refractivity contribution is -0.161. The molecule has 1 heterocycles. The highest BCUT2D eigenvalue weighted by Gasteiger charge is 2.55. The van der Waals surface area contributed by atoms with E-state index in [-0.39, 0.29) is 0 Å². The van der Waals surface area contributed by atoms with Crippen molar-refractivity contribution in [2.45, 2.75) is 63.5 Å². The van der Waals surface area contributed by atoms with Crippen LogP contribution < -0.4 is 5.32 Å². The van der Waals surface area contributed by atoms with Crippen molar-refractivity contribution < 1.29 is 9.47 Å². The molecule has 1 aliphatic heterocycles. The molecule has 110 valence electrons.